The van der Waals surface area contributed by atoms with Crippen molar-refractivity contribution in [1.82, 2.24) is 25.2 Å². The smallest absolute Gasteiger partial charge is 0.233 e. The predicted octanol–water partition coefficient (Wildman–Crippen LogP) is 0.401. The van der Waals surface area contributed by atoms with E-state index in [1.165, 1.54) is 12.4 Å². The summed E-state index contributed by atoms with van der Waals surface area (Å²) >= 11 is 0. The maximum atomic E-state index is 11.8. The van der Waals surface area contributed by atoms with Crippen LogP contribution >= 0.6 is 0 Å². The molecule has 0 fully saturated rings. The third-order valence-electron chi connectivity index (χ3n) is 2.81. The minimum absolute atomic E-state index is 0.0176. The molecule has 0 saturated heterocycles. The van der Waals surface area contributed by atoms with Crippen LogP contribution < -0.4 is 10.0 Å². The van der Waals surface area contributed by atoms with Gasteiger partial charge in [-0.05, 0) is 11.6 Å². The van der Waals surface area contributed by atoms with Crippen LogP contribution in [0.1, 0.15) is 17.8 Å². The predicted molar refractivity (Wildman–Crippen MR) is 85.2 cm³/mol. The van der Waals surface area contributed by atoms with E-state index in [2.05, 4.69) is 25.2 Å². The lowest BCUT2D eigenvalue weighted by molar-refractivity contribution is -0.121. The molecule has 0 aliphatic carbocycles. The molecule has 0 bridgehead atoms. The fourth-order valence-electron chi connectivity index (χ4n) is 1.67. The van der Waals surface area contributed by atoms with Gasteiger partial charge in [0.2, 0.25) is 15.9 Å². The zero-order chi connectivity index (χ0) is 16.5. The van der Waals surface area contributed by atoms with Crippen LogP contribution in [0.3, 0.4) is 0 Å². The van der Waals surface area contributed by atoms with E-state index >= 15 is 0 Å². The lowest BCUT2D eigenvalue weighted by Crippen LogP contribution is -2.29. The number of nitrogens with one attached hydrogen (secondary N) is 3. The molecule has 0 unspecified atom stereocenters. The maximum absolute atomic E-state index is 11.8. The zero-order valence-corrected chi connectivity index (χ0v) is 13.1. The van der Waals surface area contributed by atoms with Gasteiger partial charge < -0.3 is 5.32 Å². The van der Waals surface area contributed by atoms with E-state index in [0.29, 0.717) is 5.82 Å². The summed E-state index contributed by atoms with van der Waals surface area (Å²) in [6.45, 7) is 0.239. The molecule has 1 aromatic carbocycles. The Kier molecular flexibility index (Phi) is 6.01. The Balaban J connectivity index is 1.72. The standard InChI is InChI=1S/C14H17N5O3S/c20-14(15-10-13-16-11-17-19-13)6-8-18-23(21,22)9-7-12-4-2-1-3-5-12/h1-5,7,9,11,18H,6,8,10H2,(H,15,20)(H,16,17,19)/b9-7+. The van der Waals surface area contributed by atoms with Crippen LogP contribution in [0.25, 0.3) is 6.08 Å². The van der Waals surface area contributed by atoms with Crippen LogP contribution in [-0.4, -0.2) is 36.1 Å². The number of aromatic nitrogens is 3. The largest absolute Gasteiger partial charge is 0.349 e. The van der Waals surface area contributed by atoms with Gasteiger partial charge in [-0.25, -0.2) is 18.1 Å². The van der Waals surface area contributed by atoms with E-state index in [1.807, 2.05) is 18.2 Å². The highest BCUT2D eigenvalue weighted by Crippen LogP contribution is 2.02. The lowest BCUT2D eigenvalue weighted by atomic mass is 10.2. The van der Waals surface area contributed by atoms with Crippen molar-refractivity contribution in [3.8, 4) is 0 Å². The van der Waals surface area contributed by atoms with Crippen molar-refractivity contribution in [1.29, 1.82) is 0 Å². The molecule has 0 spiro atoms. The lowest BCUT2D eigenvalue weighted by Gasteiger charge is -2.04. The SMILES string of the molecule is O=C(CCNS(=O)(=O)/C=C/c1ccccc1)NCc1ncn[nH]1. The summed E-state index contributed by atoms with van der Waals surface area (Å²) in [7, 11) is -3.57. The van der Waals surface area contributed by atoms with Gasteiger partial charge in [0.15, 0.2) is 0 Å². The maximum Gasteiger partial charge on any atom is 0.233 e. The number of amides is 1. The number of aromatic amines is 1. The third kappa shape index (κ3) is 6.41. The number of carbonyl (C=O) groups excluding carboxylic acids is 1. The highest BCUT2D eigenvalue weighted by molar-refractivity contribution is 7.92. The molecule has 0 atom stereocenters. The number of benzene rings is 1. The molecule has 1 heterocycles. The summed E-state index contributed by atoms with van der Waals surface area (Å²) in [5.74, 6) is 0.251. The van der Waals surface area contributed by atoms with Crippen molar-refractivity contribution in [2.45, 2.75) is 13.0 Å². The van der Waals surface area contributed by atoms with Gasteiger partial charge >= 0.3 is 0 Å². The van der Waals surface area contributed by atoms with E-state index < -0.39 is 10.0 Å². The van der Waals surface area contributed by atoms with Crippen LogP contribution in [-0.2, 0) is 21.4 Å². The first-order valence-electron chi connectivity index (χ1n) is 6.89. The highest BCUT2D eigenvalue weighted by Gasteiger charge is 2.07. The quantitative estimate of drug-likeness (QED) is 0.645. The van der Waals surface area contributed by atoms with Crippen molar-refractivity contribution in [3.63, 3.8) is 0 Å². The Bertz CT molecular complexity index is 742. The van der Waals surface area contributed by atoms with Crippen molar-refractivity contribution >= 4 is 22.0 Å². The molecule has 0 radical (unpaired) electrons. The second-order valence-corrected chi connectivity index (χ2v) is 6.26. The van der Waals surface area contributed by atoms with Gasteiger partial charge in [0.1, 0.15) is 12.2 Å². The number of carbonyl (C=O) groups is 1. The van der Waals surface area contributed by atoms with Gasteiger partial charge in [-0.2, -0.15) is 5.10 Å². The first-order chi connectivity index (χ1) is 11.1. The fraction of sp³-hybridized carbons (Fsp3) is 0.214. The third-order valence-corrected chi connectivity index (χ3v) is 3.91. The van der Waals surface area contributed by atoms with Crippen LogP contribution in [0.5, 0.6) is 0 Å². The monoisotopic (exact) mass is 335 g/mol. The molecule has 3 N–H and O–H groups in total. The Morgan fingerprint density at radius 3 is 2.74 bits per heavy atom. The number of sulfonamides is 1. The average Bonchev–Trinajstić information content (AvgIpc) is 3.05. The normalized spacial score (nSPS) is 11.7. The van der Waals surface area contributed by atoms with Gasteiger partial charge in [0.25, 0.3) is 0 Å². The first kappa shape index (κ1) is 16.8. The average molecular weight is 335 g/mol. The zero-order valence-electron chi connectivity index (χ0n) is 12.3. The summed E-state index contributed by atoms with van der Waals surface area (Å²) in [6.07, 6.45) is 2.87. The summed E-state index contributed by atoms with van der Waals surface area (Å²) < 4.78 is 25.9. The molecule has 2 rings (SSSR count). The van der Waals surface area contributed by atoms with Gasteiger partial charge in [0.05, 0.1) is 6.54 Å². The molecule has 23 heavy (non-hydrogen) atoms. The molecule has 9 heteroatoms. The summed E-state index contributed by atoms with van der Waals surface area (Å²) in [5, 5.41) is 9.94. The molecular weight excluding hydrogens is 318 g/mol. The molecule has 122 valence electrons. The summed E-state index contributed by atoms with van der Waals surface area (Å²) in [6, 6.07) is 9.07. The van der Waals surface area contributed by atoms with E-state index in [-0.39, 0.29) is 25.4 Å². The molecule has 2 aromatic rings. The van der Waals surface area contributed by atoms with E-state index in [4.69, 9.17) is 0 Å². The molecule has 0 aliphatic heterocycles. The van der Waals surface area contributed by atoms with Crippen LogP contribution in [0, 0.1) is 0 Å². The highest BCUT2D eigenvalue weighted by atomic mass is 32.2. The van der Waals surface area contributed by atoms with Gasteiger partial charge in [-0.15, -0.1) is 0 Å². The Hall–Kier alpha value is -2.52. The van der Waals surface area contributed by atoms with Crippen molar-refractivity contribution in [3.05, 3.63) is 53.5 Å². The van der Waals surface area contributed by atoms with E-state index in [9.17, 15) is 13.2 Å². The number of hydrogen-bond acceptors (Lipinski definition) is 5. The Labute approximate surface area is 134 Å². The number of H-pyrrole nitrogens is 1. The molecule has 0 saturated carbocycles. The second-order valence-electron chi connectivity index (χ2n) is 4.61. The Morgan fingerprint density at radius 2 is 2.04 bits per heavy atom. The molecule has 1 aromatic heterocycles. The number of nitrogens with zero attached hydrogens (tertiary/aromatic N) is 2. The molecular formula is C14H17N5O3S. The molecule has 1 amide bonds. The summed E-state index contributed by atoms with van der Waals surface area (Å²) in [5.41, 5.74) is 0.780. The fourth-order valence-corrected chi connectivity index (χ4v) is 2.49. The van der Waals surface area contributed by atoms with E-state index in [1.54, 1.807) is 12.1 Å². The van der Waals surface area contributed by atoms with Crippen LogP contribution in [0.15, 0.2) is 42.1 Å². The van der Waals surface area contributed by atoms with Gasteiger partial charge in [-0.1, -0.05) is 30.3 Å². The minimum Gasteiger partial charge on any atom is -0.349 e. The number of rotatable bonds is 8. The van der Waals surface area contributed by atoms with Crippen molar-refractivity contribution < 1.29 is 13.2 Å². The van der Waals surface area contributed by atoms with E-state index in [0.717, 1.165) is 11.0 Å². The second kappa shape index (κ2) is 8.20. The topological polar surface area (TPSA) is 117 Å². The van der Waals surface area contributed by atoms with Crippen LogP contribution in [0.4, 0.5) is 0 Å². The molecule has 0 aliphatic rings. The van der Waals surface area contributed by atoms with Crippen molar-refractivity contribution in [2.24, 2.45) is 0 Å². The molecule has 8 nitrogen and oxygen atoms in total. The van der Waals surface area contributed by atoms with Crippen LogP contribution in [0.2, 0.25) is 0 Å². The van der Waals surface area contributed by atoms with Gasteiger partial charge in [-0.3, -0.25) is 9.89 Å². The first-order valence-corrected chi connectivity index (χ1v) is 8.43. The number of hydrogen-bond donors (Lipinski definition) is 3. The summed E-state index contributed by atoms with van der Waals surface area (Å²) in [4.78, 5) is 15.4. The van der Waals surface area contributed by atoms with Crippen molar-refractivity contribution in [2.75, 3.05) is 6.54 Å². The Morgan fingerprint density at radius 1 is 1.26 bits per heavy atom. The van der Waals surface area contributed by atoms with Gasteiger partial charge in [0, 0.05) is 18.4 Å². The minimum atomic E-state index is -3.57.